The van der Waals surface area contributed by atoms with E-state index in [0.29, 0.717) is 38.2 Å². The van der Waals surface area contributed by atoms with Gasteiger partial charge in [-0.15, -0.1) is 0 Å². The monoisotopic (exact) mass is 488 g/mol. The molecular weight excluding hydrogens is 456 g/mol. The molecule has 2 atom stereocenters. The summed E-state index contributed by atoms with van der Waals surface area (Å²) in [5.74, 6) is -0.340. The van der Waals surface area contributed by atoms with E-state index in [0.717, 1.165) is 36.6 Å². The maximum Gasteiger partial charge on any atom is 0.269 e. The van der Waals surface area contributed by atoms with Gasteiger partial charge in [0.25, 0.3) is 5.69 Å². The van der Waals surface area contributed by atoms with Gasteiger partial charge in [-0.1, -0.05) is 18.6 Å². The second-order valence-corrected chi connectivity index (χ2v) is 9.91. The number of fused-ring (bicyclic) bond motifs is 3. The molecule has 3 heterocycles. The Morgan fingerprint density at radius 2 is 1.89 bits per heavy atom. The van der Waals surface area contributed by atoms with Crippen molar-refractivity contribution in [3.05, 3.63) is 63.7 Å². The Morgan fingerprint density at radius 1 is 1.08 bits per heavy atom. The minimum absolute atomic E-state index is 0.00501. The Bertz CT molecular complexity index is 1170. The number of para-hydroxylation sites is 1. The van der Waals surface area contributed by atoms with E-state index < -0.39 is 0 Å². The molecule has 9 nitrogen and oxygen atoms in total. The Hall–Kier alpha value is -3.64. The lowest BCUT2D eigenvalue weighted by molar-refractivity contribution is -0.384. The maximum absolute atomic E-state index is 13.5. The topological polar surface area (TPSA) is 106 Å². The molecule has 1 N–H and O–H groups in total. The highest BCUT2D eigenvalue weighted by molar-refractivity contribution is 5.82. The van der Waals surface area contributed by atoms with Gasteiger partial charge in [0, 0.05) is 50.5 Å². The van der Waals surface area contributed by atoms with Crippen molar-refractivity contribution >= 4 is 23.0 Å². The number of rotatable bonds is 6. The summed E-state index contributed by atoms with van der Waals surface area (Å²) >= 11 is 0. The third-order valence-electron chi connectivity index (χ3n) is 7.78. The number of benzene rings is 2. The highest BCUT2D eigenvalue weighted by Gasteiger charge is 2.42. The van der Waals surface area contributed by atoms with E-state index >= 15 is 0 Å². The molecule has 3 aliphatic rings. The third-order valence-corrected chi connectivity index (χ3v) is 7.78. The molecule has 0 aromatic heterocycles. The minimum Gasteiger partial charge on any atom is -0.367 e. The van der Waals surface area contributed by atoms with Crippen LogP contribution in [0.25, 0.3) is 0 Å². The van der Waals surface area contributed by atoms with E-state index in [2.05, 4.69) is 26.1 Å². The average Bonchev–Trinajstić information content (AvgIpc) is 2.92. The van der Waals surface area contributed by atoms with E-state index in [-0.39, 0.29) is 28.5 Å². The fourth-order valence-corrected chi connectivity index (χ4v) is 5.94. The number of non-ortho nitro benzene ring substituents is 1. The molecule has 2 aromatic rings. The molecule has 0 spiro atoms. The first-order valence-corrected chi connectivity index (χ1v) is 12.8. The molecule has 3 aliphatic heterocycles. The van der Waals surface area contributed by atoms with Crippen LogP contribution >= 0.6 is 0 Å². The van der Waals surface area contributed by atoms with Crippen LogP contribution in [0.2, 0.25) is 0 Å². The number of nitro groups is 1. The molecule has 1 amide bonds. The van der Waals surface area contributed by atoms with E-state index in [4.69, 9.17) is 0 Å². The quantitative estimate of drug-likeness (QED) is 0.492. The summed E-state index contributed by atoms with van der Waals surface area (Å²) in [4.78, 5) is 31.4. The molecule has 5 rings (SSSR count). The van der Waals surface area contributed by atoms with Gasteiger partial charge in [0.1, 0.15) is 6.07 Å². The standard InChI is InChI=1S/C27H32N6O3/c28-18-20-6-2-3-7-24(20)31-14-15-32-25-9-8-22(33(35)36)16-21(25)17-23(26(32)19-31)27(34)29-10-13-30-11-4-1-5-12-30/h2-3,6-9,16,23,26H,1,4-5,10-15,17,19H2,(H,29,34). The number of nitriles is 1. The molecule has 36 heavy (non-hydrogen) atoms. The number of piperidine rings is 1. The lowest BCUT2D eigenvalue weighted by Gasteiger charge is -2.49. The summed E-state index contributed by atoms with van der Waals surface area (Å²) in [7, 11) is 0. The van der Waals surface area contributed by atoms with Crippen molar-refractivity contribution in [1.82, 2.24) is 10.2 Å². The van der Waals surface area contributed by atoms with Crippen molar-refractivity contribution in [2.45, 2.75) is 31.7 Å². The van der Waals surface area contributed by atoms with Crippen molar-refractivity contribution in [3.8, 4) is 6.07 Å². The van der Waals surface area contributed by atoms with Gasteiger partial charge in [-0.2, -0.15) is 5.26 Å². The van der Waals surface area contributed by atoms with Crippen molar-refractivity contribution in [3.63, 3.8) is 0 Å². The summed E-state index contributed by atoms with van der Waals surface area (Å²) in [5, 5.41) is 24.2. The van der Waals surface area contributed by atoms with Crippen LogP contribution in [0.5, 0.6) is 0 Å². The Morgan fingerprint density at radius 3 is 2.67 bits per heavy atom. The van der Waals surface area contributed by atoms with E-state index in [1.165, 1.54) is 19.3 Å². The number of carbonyl (C=O) groups excluding carboxylic acids is 1. The molecular formula is C27H32N6O3. The van der Waals surface area contributed by atoms with Crippen LogP contribution in [0, 0.1) is 27.4 Å². The summed E-state index contributed by atoms with van der Waals surface area (Å²) in [6.07, 6.45) is 4.16. The molecule has 188 valence electrons. The van der Waals surface area contributed by atoms with Crippen LogP contribution < -0.4 is 15.1 Å². The Balaban J connectivity index is 1.38. The largest absolute Gasteiger partial charge is 0.367 e. The van der Waals surface area contributed by atoms with Gasteiger partial charge in [-0.05, 0) is 56.1 Å². The van der Waals surface area contributed by atoms with Gasteiger partial charge >= 0.3 is 0 Å². The first-order chi connectivity index (χ1) is 17.5. The first-order valence-electron chi connectivity index (χ1n) is 12.8. The van der Waals surface area contributed by atoms with Crippen LogP contribution in [-0.4, -0.2) is 67.6 Å². The number of likely N-dealkylation sites (tertiary alicyclic amines) is 1. The van der Waals surface area contributed by atoms with Gasteiger partial charge in [0.05, 0.1) is 28.1 Å². The molecule has 0 bridgehead atoms. The van der Waals surface area contributed by atoms with Crippen LogP contribution in [0.3, 0.4) is 0 Å². The fraction of sp³-hybridized carbons (Fsp3) is 0.481. The van der Waals surface area contributed by atoms with Crippen LogP contribution in [0.15, 0.2) is 42.5 Å². The molecule has 0 saturated carbocycles. The first kappa shape index (κ1) is 24.1. The van der Waals surface area contributed by atoms with E-state index in [1.807, 2.05) is 30.3 Å². The number of anilines is 2. The van der Waals surface area contributed by atoms with E-state index in [9.17, 15) is 20.2 Å². The lowest BCUT2D eigenvalue weighted by Crippen LogP contribution is -2.61. The summed E-state index contributed by atoms with van der Waals surface area (Å²) in [5.41, 5.74) is 3.38. The van der Waals surface area contributed by atoms with Crippen molar-refractivity contribution in [2.75, 3.05) is 55.6 Å². The summed E-state index contributed by atoms with van der Waals surface area (Å²) < 4.78 is 0. The molecule has 2 aromatic carbocycles. The minimum atomic E-state index is -0.378. The number of nitrogens with zero attached hydrogens (tertiary/aromatic N) is 5. The lowest BCUT2D eigenvalue weighted by atomic mass is 9.83. The number of hydrogen-bond acceptors (Lipinski definition) is 7. The maximum atomic E-state index is 13.5. The van der Waals surface area contributed by atoms with Gasteiger partial charge in [-0.3, -0.25) is 14.9 Å². The SMILES string of the molecule is N#Cc1ccccc1N1CCN2c3ccc([N+](=O)[O-])cc3CC(C(=O)NCCN3CCCCC3)C2C1. The number of carbonyl (C=O) groups is 1. The molecule has 9 heteroatoms. The van der Waals surface area contributed by atoms with Crippen molar-refractivity contribution in [1.29, 1.82) is 5.26 Å². The smallest absolute Gasteiger partial charge is 0.269 e. The highest BCUT2D eigenvalue weighted by Crippen LogP contribution is 2.39. The number of hydrogen-bond donors (Lipinski definition) is 1. The Kier molecular flexibility index (Phi) is 7.05. The highest BCUT2D eigenvalue weighted by atomic mass is 16.6. The fourth-order valence-electron chi connectivity index (χ4n) is 5.94. The molecule has 2 saturated heterocycles. The zero-order valence-corrected chi connectivity index (χ0v) is 20.4. The van der Waals surface area contributed by atoms with Gasteiger partial charge < -0.3 is 20.0 Å². The number of piperazine rings is 1. The predicted molar refractivity (Wildman–Crippen MR) is 138 cm³/mol. The second kappa shape index (κ2) is 10.5. The van der Waals surface area contributed by atoms with Crippen LogP contribution in [-0.2, 0) is 11.2 Å². The van der Waals surface area contributed by atoms with Crippen molar-refractivity contribution < 1.29 is 9.72 Å². The van der Waals surface area contributed by atoms with E-state index in [1.54, 1.807) is 12.1 Å². The summed E-state index contributed by atoms with van der Waals surface area (Å²) in [6.45, 7) is 5.60. The second-order valence-electron chi connectivity index (χ2n) is 9.91. The zero-order valence-electron chi connectivity index (χ0n) is 20.4. The molecule has 0 radical (unpaired) electrons. The molecule has 2 fully saturated rings. The zero-order chi connectivity index (χ0) is 25.1. The predicted octanol–water partition coefficient (Wildman–Crippen LogP) is 2.94. The number of nitrogens with one attached hydrogen (secondary N) is 1. The number of nitro benzene ring substituents is 1. The third kappa shape index (κ3) is 4.86. The van der Waals surface area contributed by atoms with Crippen molar-refractivity contribution in [2.24, 2.45) is 5.92 Å². The van der Waals surface area contributed by atoms with Gasteiger partial charge in [0.15, 0.2) is 0 Å². The Labute approximate surface area is 211 Å². The number of amides is 1. The van der Waals surface area contributed by atoms with Gasteiger partial charge in [-0.25, -0.2) is 0 Å². The average molecular weight is 489 g/mol. The van der Waals surface area contributed by atoms with Crippen LogP contribution in [0.1, 0.15) is 30.4 Å². The van der Waals surface area contributed by atoms with Crippen LogP contribution in [0.4, 0.5) is 17.1 Å². The summed E-state index contributed by atoms with van der Waals surface area (Å²) in [6, 6.07) is 14.8. The molecule has 0 aliphatic carbocycles. The molecule has 2 unspecified atom stereocenters. The van der Waals surface area contributed by atoms with Gasteiger partial charge in [0.2, 0.25) is 5.91 Å². The normalized spacial score (nSPS) is 21.8.